The Bertz CT molecular complexity index is 636. The second-order valence-corrected chi connectivity index (χ2v) is 5.23. The highest BCUT2D eigenvalue weighted by molar-refractivity contribution is 6.35. The number of halogens is 6. The van der Waals surface area contributed by atoms with Gasteiger partial charge in [-0.2, -0.15) is 13.2 Å². The van der Waals surface area contributed by atoms with Gasteiger partial charge in [0, 0.05) is 22.3 Å². The van der Waals surface area contributed by atoms with E-state index >= 15 is 0 Å². The standard InChI is InChI=1S/C14H9Cl2F4N/c15-10-4-11(16)6-13(5-10)21-7-8-1-9(14(18,19)20)3-12(17)2-8/h1-6,21H,7H2. The maximum Gasteiger partial charge on any atom is 0.416 e. The number of hydrogen-bond donors (Lipinski definition) is 1. The molecule has 0 radical (unpaired) electrons. The van der Waals surface area contributed by atoms with Crippen molar-refractivity contribution in [1.82, 2.24) is 0 Å². The summed E-state index contributed by atoms with van der Waals surface area (Å²) in [5, 5.41) is 3.62. The van der Waals surface area contributed by atoms with E-state index in [1.165, 1.54) is 6.07 Å². The Balaban J connectivity index is 2.18. The van der Waals surface area contributed by atoms with Gasteiger partial charge in [0.15, 0.2) is 0 Å². The molecule has 0 aliphatic heterocycles. The van der Waals surface area contributed by atoms with Crippen molar-refractivity contribution >= 4 is 28.9 Å². The van der Waals surface area contributed by atoms with E-state index in [0.29, 0.717) is 21.8 Å². The van der Waals surface area contributed by atoms with Crippen LogP contribution in [0.3, 0.4) is 0 Å². The van der Waals surface area contributed by atoms with Crippen molar-refractivity contribution in [2.45, 2.75) is 12.7 Å². The molecular formula is C14H9Cl2F4N. The van der Waals surface area contributed by atoms with Crippen LogP contribution in [0.1, 0.15) is 11.1 Å². The number of nitrogens with one attached hydrogen (secondary N) is 1. The van der Waals surface area contributed by atoms with E-state index in [0.717, 1.165) is 12.1 Å². The van der Waals surface area contributed by atoms with Crippen molar-refractivity contribution in [2.24, 2.45) is 0 Å². The number of benzene rings is 2. The minimum atomic E-state index is -4.59. The van der Waals surface area contributed by atoms with Crippen LogP contribution in [0, 0.1) is 5.82 Å². The van der Waals surface area contributed by atoms with Gasteiger partial charge in [0.2, 0.25) is 0 Å². The van der Waals surface area contributed by atoms with E-state index in [-0.39, 0.29) is 12.1 Å². The SMILES string of the molecule is Fc1cc(CNc2cc(Cl)cc(Cl)c2)cc(C(F)(F)F)c1. The molecule has 0 aromatic heterocycles. The molecule has 0 amide bonds. The highest BCUT2D eigenvalue weighted by Gasteiger charge is 2.31. The number of alkyl halides is 3. The third-order valence-electron chi connectivity index (χ3n) is 2.64. The van der Waals surface area contributed by atoms with Gasteiger partial charge >= 0.3 is 6.18 Å². The Morgan fingerprint density at radius 1 is 0.905 bits per heavy atom. The Labute approximate surface area is 128 Å². The van der Waals surface area contributed by atoms with E-state index in [1.807, 2.05) is 0 Å². The summed E-state index contributed by atoms with van der Waals surface area (Å²) in [6.45, 7) is 0.0114. The first-order valence-corrected chi connectivity index (χ1v) is 6.56. The highest BCUT2D eigenvalue weighted by atomic mass is 35.5. The fraction of sp³-hybridized carbons (Fsp3) is 0.143. The average Bonchev–Trinajstić information content (AvgIpc) is 2.33. The molecule has 7 heteroatoms. The Morgan fingerprint density at radius 2 is 1.52 bits per heavy atom. The smallest absolute Gasteiger partial charge is 0.381 e. The zero-order valence-electron chi connectivity index (χ0n) is 10.4. The van der Waals surface area contributed by atoms with E-state index in [9.17, 15) is 17.6 Å². The quantitative estimate of drug-likeness (QED) is 0.701. The number of hydrogen-bond acceptors (Lipinski definition) is 1. The third kappa shape index (κ3) is 4.51. The van der Waals surface area contributed by atoms with Crippen LogP contribution in [0.5, 0.6) is 0 Å². The molecule has 1 N–H and O–H groups in total. The van der Waals surface area contributed by atoms with Gasteiger partial charge in [0.25, 0.3) is 0 Å². The topological polar surface area (TPSA) is 12.0 Å². The Kier molecular flexibility index (Phi) is 4.64. The van der Waals surface area contributed by atoms with Gasteiger partial charge in [0.05, 0.1) is 5.56 Å². The first-order chi connectivity index (χ1) is 9.74. The molecule has 0 bridgehead atoms. The molecule has 0 saturated heterocycles. The zero-order chi connectivity index (χ0) is 15.6. The average molecular weight is 338 g/mol. The lowest BCUT2D eigenvalue weighted by molar-refractivity contribution is -0.137. The van der Waals surface area contributed by atoms with Crippen molar-refractivity contribution in [1.29, 1.82) is 0 Å². The lowest BCUT2D eigenvalue weighted by Crippen LogP contribution is -2.08. The third-order valence-corrected chi connectivity index (χ3v) is 3.08. The predicted molar refractivity (Wildman–Crippen MR) is 75.2 cm³/mol. The van der Waals surface area contributed by atoms with E-state index in [1.54, 1.807) is 12.1 Å². The van der Waals surface area contributed by atoms with Gasteiger partial charge in [0.1, 0.15) is 5.82 Å². The number of rotatable bonds is 3. The normalized spacial score (nSPS) is 11.5. The fourth-order valence-electron chi connectivity index (χ4n) is 1.78. The van der Waals surface area contributed by atoms with Crippen LogP contribution in [-0.4, -0.2) is 0 Å². The molecular weight excluding hydrogens is 329 g/mol. The second-order valence-electron chi connectivity index (χ2n) is 4.36. The van der Waals surface area contributed by atoms with Crippen LogP contribution in [0.15, 0.2) is 36.4 Å². The Hall–Kier alpha value is -1.46. The lowest BCUT2D eigenvalue weighted by Gasteiger charge is -2.11. The molecule has 21 heavy (non-hydrogen) atoms. The molecule has 0 aliphatic carbocycles. The molecule has 0 saturated carbocycles. The fourth-order valence-corrected chi connectivity index (χ4v) is 2.30. The van der Waals surface area contributed by atoms with Crippen molar-refractivity contribution in [3.8, 4) is 0 Å². The summed E-state index contributed by atoms with van der Waals surface area (Å²) in [6.07, 6.45) is -4.59. The molecule has 0 unspecified atom stereocenters. The van der Waals surface area contributed by atoms with Gasteiger partial charge in [-0.15, -0.1) is 0 Å². The van der Waals surface area contributed by atoms with Crippen LogP contribution in [-0.2, 0) is 12.7 Å². The molecule has 0 aliphatic rings. The maximum atomic E-state index is 13.2. The molecule has 1 nitrogen and oxygen atoms in total. The first-order valence-electron chi connectivity index (χ1n) is 5.81. The van der Waals surface area contributed by atoms with Crippen molar-refractivity contribution in [2.75, 3.05) is 5.32 Å². The minimum absolute atomic E-state index is 0.0114. The van der Waals surface area contributed by atoms with Crippen LogP contribution in [0.25, 0.3) is 0 Å². The highest BCUT2D eigenvalue weighted by Crippen LogP contribution is 2.30. The monoisotopic (exact) mass is 337 g/mol. The second kappa shape index (κ2) is 6.12. The van der Waals surface area contributed by atoms with Crippen molar-refractivity contribution in [3.05, 3.63) is 63.4 Å². The van der Waals surface area contributed by atoms with E-state index in [2.05, 4.69) is 5.32 Å². The molecule has 0 fully saturated rings. The summed E-state index contributed by atoms with van der Waals surface area (Å²) in [5.41, 5.74) is -0.327. The summed E-state index contributed by atoms with van der Waals surface area (Å²) in [7, 11) is 0. The largest absolute Gasteiger partial charge is 0.416 e. The summed E-state index contributed by atoms with van der Waals surface area (Å²) in [4.78, 5) is 0. The van der Waals surface area contributed by atoms with Crippen LogP contribution < -0.4 is 5.32 Å². The minimum Gasteiger partial charge on any atom is -0.381 e. The molecule has 0 atom stereocenters. The van der Waals surface area contributed by atoms with E-state index < -0.39 is 17.6 Å². The molecule has 0 heterocycles. The molecule has 0 spiro atoms. The molecule has 112 valence electrons. The van der Waals surface area contributed by atoms with Crippen LogP contribution >= 0.6 is 23.2 Å². The van der Waals surface area contributed by atoms with E-state index in [4.69, 9.17) is 23.2 Å². The first kappa shape index (κ1) is 15.9. The summed E-state index contributed by atoms with van der Waals surface area (Å²) in [6, 6.07) is 7.05. The van der Waals surface area contributed by atoms with Gasteiger partial charge in [-0.05, 0) is 42.0 Å². The maximum absolute atomic E-state index is 13.2. The van der Waals surface area contributed by atoms with Crippen LogP contribution in [0.4, 0.5) is 23.2 Å². The van der Waals surface area contributed by atoms with Crippen LogP contribution in [0.2, 0.25) is 10.0 Å². The summed E-state index contributed by atoms with van der Waals surface area (Å²) in [5.74, 6) is -0.939. The van der Waals surface area contributed by atoms with Crippen molar-refractivity contribution in [3.63, 3.8) is 0 Å². The van der Waals surface area contributed by atoms with Crippen molar-refractivity contribution < 1.29 is 17.6 Å². The summed E-state index contributed by atoms with van der Waals surface area (Å²) < 4.78 is 51.0. The van der Waals surface area contributed by atoms with Gasteiger partial charge in [-0.25, -0.2) is 4.39 Å². The Morgan fingerprint density at radius 3 is 2.10 bits per heavy atom. The zero-order valence-corrected chi connectivity index (χ0v) is 12.0. The number of anilines is 1. The lowest BCUT2D eigenvalue weighted by atomic mass is 10.1. The van der Waals surface area contributed by atoms with Gasteiger partial charge < -0.3 is 5.32 Å². The molecule has 2 aromatic carbocycles. The van der Waals surface area contributed by atoms with Gasteiger partial charge in [-0.3, -0.25) is 0 Å². The summed E-state index contributed by atoms with van der Waals surface area (Å²) >= 11 is 11.6. The van der Waals surface area contributed by atoms with Gasteiger partial charge in [-0.1, -0.05) is 23.2 Å². The molecule has 2 rings (SSSR count). The molecule has 2 aromatic rings. The predicted octanol–water partition coefficient (Wildman–Crippen LogP) is 5.76.